The fraction of sp³-hybridized carbons (Fsp3) is 0.174. The number of hydrogen-bond acceptors (Lipinski definition) is 4. The first-order valence-electron chi connectivity index (χ1n) is 9.37. The monoisotopic (exact) mass is 423 g/mol. The van der Waals surface area contributed by atoms with Crippen LogP contribution in [0.2, 0.25) is 5.15 Å². The highest BCUT2D eigenvalue weighted by Crippen LogP contribution is 2.22. The third kappa shape index (κ3) is 5.15. The first-order chi connectivity index (χ1) is 14.5. The van der Waals surface area contributed by atoms with E-state index < -0.39 is 17.9 Å². The highest BCUT2D eigenvalue weighted by Gasteiger charge is 2.22. The van der Waals surface area contributed by atoms with Gasteiger partial charge in [0.15, 0.2) is 6.04 Å². The number of carbonyl (C=O) groups is 2. The number of aryl methyl sites for hydroxylation is 1. The van der Waals surface area contributed by atoms with E-state index in [0.29, 0.717) is 28.5 Å². The van der Waals surface area contributed by atoms with Crippen molar-refractivity contribution in [3.05, 3.63) is 94.3 Å². The molecule has 1 heterocycles. The van der Waals surface area contributed by atoms with Crippen LogP contribution in [0.4, 0.5) is 0 Å². The Morgan fingerprint density at radius 3 is 2.40 bits per heavy atom. The number of benzene rings is 2. The maximum absolute atomic E-state index is 12.5. The summed E-state index contributed by atoms with van der Waals surface area (Å²) in [5.41, 5.74) is 3.06. The fourth-order valence-corrected chi connectivity index (χ4v) is 3.31. The Bertz CT molecular complexity index is 1050. The van der Waals surface area contributed by atoms with Crippen molar-refractivity contribution in [2.75, 3.05) is 7.11 Å². The van der Waals surface area contributed by atoms with Crippen LogP contribution < -0.4 is 5.32 Å². The van der Waals surface area contributed by atoms with E-state index in [1.165, 1.54) is 13.2 Å². The summed E-state index contributed by atoms with van der Waals surface area (Å²) in [5.74, 6) is -0.992. The molecule has 6 nitrogen and oxygen atoms in total. The summed E-state index contributed by atoms with van der Waals surface area (Å²) in [6, 6.07) is 17.9. The number of nitrogens with zero attached hydrogens (tertiary/aromatic N) is 2. The molecule has 0 fully saturated rings. The first-order valence-corrected chi connectivity index (χ1v) is 9.75. The SMILES string of the molecule is COC(=O)C(NC(=O)/C=C/c1c(C)nn(Cc2ccccc2)c1Cl)c1ccccc1. The van der Waals surface area contributed by atoms with Crippen molar-refractivity contribution in [1.29, 1.82) is 0 Å². The summed E-state index contributed by atoms with van der Waals surface area (Å²) in [6.45, 7) is 2.35. The molecule has 0 aliphatic carbocycles. The second-order valence-electron chi connectivity index (χ2n) is 6.64. The molecular weight excluding hydrogens is 402 g/mol. The van der Waals surface area contributed by atoms with Gasteiger partial charge in [0.1, 0.15) is 5.15 Å². The van der Waals surface area contributed by atoms with E-state index in [4.69, 9.17) is 16.3 Å². The number of methoxy groups -OCH3 is 1. The van der Waals surface area contributed by atoms with Gasteiger partial charge in [-0.15, -0.1) is 0 Å². The average Bonchev–Trinajstić information content (AvgIpc) is 3.03. The second-order valence-corrected chi connectivity index (χ2v) is 7.00. The molecule has 0 aliphatic rings. The Balaban J connectivity index is 1.75. The standard InChI is InChI=1S/C23H22ClN3O3/c1-16-19(22(24)27(26-16)15-17-9-5-3-6-10-17)13-14-20(28)25-21(23(29)30-2)18-11-7-4-8-12-18/h3-14,21H,15H2,1-2H3,(H,25,28)/b14-13+. The summed E-state index contributed by atoms with van der Waals surface area (Å²) in [5, 5.41) is 7.57. The van der Waals surface area contributed by atoms with E-state index >= 15 is 0 Å². The molecule has 0 spiro atoms. The van der Waals surface area contributed by atoms with Crippen LogP contribution in [-0.2, 0) is 20.9 Å². The lowest BCUT2D eigenvalue weighted by Crippen LogP contribution is -2.33. The average molecular weight is 424 g/mol. The Morgan fingerprint density at radius 1 is 1.13 bits per heavy atom. The topological polar surface area (TPSA) is 73.2 Å². The highest BCUT2D eigenvalue weighted by atomic mass is 35.5. The van der Waals surface area contributed by atoms with Crippen molar-refractivity contribution < 1.29 is 14.3 Å². The fourth-order valence-electron chi connectivity index (χ4n) is 3.01. The van der Waals surface area contributed by atoms with Gasteiger partial charge in [0, 0.05) is 11.6 Å². The van der Waals surface area contributed by atoms with Crippen molar-refractivity contribution in [2.45, 2.75) is 19.5 Å². The quantitative estimate of drug-likeness (QED) is 0.461. The summed E-state index contributed by atoms with van der Waals surface area (Å²) < 4.78 is 6.50. The van der Waals surface area contributed by atoms with Gasteiger partial charge in [-0.05, 0) is 24.1 Å². The minimum Gasteiger partial charge on any atom is -0.467 e. The van der Waals surface area contributed by atoms with Crippen molar-refractivity contribution in [3.63, 3.8) is 0 Å². The van der Waals surface area contributed by atoms with Crippen LogP contribution in [0.5, 0.6) is 0 Å². The maximum atomic E-state index is 12.5. The van der Waals surface area contributed by atoms with Gasteiger partial charge in [0.05, 0.1) is 19.3 Å². The van der Waals surface area contributed by atoms with Gasteiger partial charge >= 0.3 is 5.97 Å². The smallest absolute Gasteiger partial charge is 0.333 e. The molecule has 1 N–H and O–H groups in total. The molecule has 0 saturated carbocycles. The van der Waals surface area contributed by atoms with Crippen LogP contribution >= 0.6 is 11.6 Å². The number of carbonyl (C=O) groups excluding carboxylic acids is 2. The number of amides is 1. The van der Waals surface area contributed by atoms with Crippen LogP contribution in [-0.4, -0.2) is 28.8 Å². The molecule has 2 aromatic carbocycles. The molecule has 3 rings (SSSR count). The number of hydrogen-bond donors (Lipinski definition) is 1. The molecule has 0 bridgehead atoms. The lowest BCUT2D eigenvalue weighted by molar-refractivity contribution is -0.144. The number of nitrogens with one attached hydrogen (secondary N) is 1. The molecule has 7 heteroatoms. The van der Waals surface area contributed by atoms with Crippen molar-refractivity contribution in [2.24, 2.45) is 0 Å². The summed E-state index contributed by atoms with van der Waals surface area (Å²) in [4.78, 5) is 24.6. The van der Waals surface area contributed by atoms with Crippen molar-refractivity contribution in [1.82, 2.24) is 15.1 Å². The van der Waals surface area contributed by atoms with Gasteiger partial charge in [-0.25, -0.2) is 9.48 Å². The zero-order valence-corrected chi connectivity index (χ0v) is 17.5. The molecule has 154 valence electrons. The molecular formula is C23H22ClN3O3. The summed E-state index contributed by atoms with van der Waals surface area (Å²) >= 11 is 6.48. The molecule has 1 amide bonds. The Hall–Kier alpha value is -3.38. The van der Waals surface area contributed by atoms with E-state index in [0.717, 1.165) is 5.56 Å². The van der Waals surface area contributed by atoms with Gasteiger partial charge < -0.3 is 10.1 Å². The highest BCUT2D eigenvalue weighted by molar-refractivity contribution is 6.31. The van der Waals surface area contributed by atoms with Crippen LogP contribution in [0.15, 0.2) is 66.7 Å². The summed E-state index contributed by atoms with van der Waals surface area (Å²) in [7, 11) is 1.28. The molecule has 0 saturated heterocycles. The van der Waals surface area contributed by atoms with Gasteiger partial charge in [-0.3, -0.25) is 4.79 Å². The van der Waals surface area contributed by atoms with E-state index in [1.807, 2.05) is 43.3 Å². The molecule has 0 aliphatic heterocycles. The molecule has 0 radical (unpaired) electrons. The Kier molecular flexibility index (Phi) is 7.03. The third-order valence-electron chi connectivity index (χ3n) is 4.54. The van der Waals surface area contributed by atoms with Gasteiger partial charge in [-0.1, -0.05) is 72.3 Å². The minimum atomic E-state index is -0.897. The number of aromatic nitrogens is 2. The number of ether oxygens (including phenoxy) is 1. The lowest BCUT2D eigenvalue weighted by atomic mass is 10.1. The third-order valence-corrected chi connectivity index (χ3v) is 4.94. The lowest BCUT2D eigenvalue weighted by Gasteiger charge is -2.15. The number of esters is 1. The maximum Gasteiger partial charge on any atom is 0.333 e. The van der Waals surface area contributed by atoms with Gasteiger partial charge in [-0.2, -0.15) is 5.10 Å². The normalized spacial score (nSPS) is 12.0. The number of rotatable bonds is 7. The zero-order valence-electron chi connectivity index (χ0n) is 16.7. The molecule has 3 aromatic rings. The zero-order chi connectivity index (χ0) is 21.5. The van der Waals surface area contributed by atoms with Crippen LogP contribution in [0.1, 0.15) is 28.4 Å². The van der Waals surface area contributed by atoms with Gasteiger partial charge in [0.2, 0.25) is 5.91 Å². The predicted octanol–water partition coefficient (Wildman–Crippen LogP) is 3.94. The van der Waals surface area contributed by atoms with E-state index in [9.17, 15) is 9.59 Å². The van der Waals surface area contributed by atoms with E-state index in [-0.39, 0.29) is 0 Å². The van der Waals surface area contributed by atoms with E-state index in [2.05, 4.69) is 10.4 Å². The van der Waals surface area contributed by atoms with E-state index in [1.54, 1.807) is 35.0 Å². The number of halogens is 1. The largest absolute Gasteiger partial charge is 0.467 e. The second kappa shape index (κ2) is 9.89. The van der Waals surface area contributed by atoms with Crippen LogP contribution in [0, 0.1) is 6.92 Å². The molecule has 1 unspecified atom stereocenters. The van der Waals surface area contributed by atoms with Gasteiger partial charge in [0.25, 0.3) is 0 Å². The first kappa shape index (κ1) is 21.3. The molecule has 30 heavy (non-hydrogen) atoms. The predicted molar refractivity (Wildman–Crippen MR) is 116 cm³/mol. The van der Waals surface area contributed by atoms with Crippen molar-refractivity contribution in [3.8, 4) is 0 Å². The molecule has 1 aromatic heterocycles. The van der Waals surface area contributed by atoms with Crippen molar-refractivity contribution >= 4 is 29.6 Å². The minimum absolute atomic E-state index is 0.438. The Labute approximate surface area is 180 Å². The summed E-state index contributed by atoms with van der Waals surface area (Å²) in [6.07, 6.45) is 2.93. The van der Waals surface area contributed by atoms with Crippen LogP contribution in [0.3, 0.4) is 0 Å². The molecule has 1 atom stereocenters. The Morgan fingerprint density at radius 2 is 1.77 bits per heavy atom. The van der Waals surface area contributed by atoms with Crippen LogP contribution in [0.25, 0.3) is 6.08 Å².